The summed E-state index contributed by atoms with van der Waals surface area (Å²) in [6.45, 7) is 8.37. The van der Waals surface area contributed by atoms with Gasteiger partial charge in [-0.1, -0.05) is 6.07 Å². The van der Waals surface area contributed by atoms with Gasteiger partial charge in [0.1, 0.15) is 0 Å². The van der Waals surface area contributed by atoms with Crippen LogP contribution in [-0.4, -0.2) is 63.7 Å². The standard InChI is InChI=1S/C17H29N3/c1-15-14-17(18(2)3)8-7-16(15)6-5-9-20-12-10-19(4)11-13-20/h7-8,14H,5-6,9-13H2,1-4H3. The summed E-state index contributed by atoms with van der Waals surface area (Å²) in [4.78, 5) is 7.19. The minimum atomic E-state index is 1.20. The second-order valence-electron chi connectivity index (χ2n) is 6.25. The molecule has 1 aromatic rings. The van der Waals surface area contributed by atoms with Crippen LogP contribution in [0.15, 0.2) is 18.2 Å². The normalized spacial score (nSPS) is 17.4. The maximum absolute atomic E-state index is 2.60. The molecule has 1 aromatic carbocycles. The van der Waals surface area contributed by atoms with E-state index in [1.807, 2.05) is 0 Å². The summed E-state index contributed by atoms with van der Waals surface area (Å²) in [5, 5.41) is 0. The summed E-state index contributed by atoms with van der Waals surface area (Å²) in [5.41, 5.74) is 4.23. The molecule has 0 aliphatic carbocycles. The molecule has 2 rings (SSSR count). The van der Waals surface area contributed by atoms with Crippen molar-refractivity contribution in [3.8, 4) is 0 Å². The number of benzene rings is 1. The van der Waals surface area contributed by atoms with Crippen molar-refractivity contribution in [2.45, 2.75) is 19.8 Å². The van der Waals surface area contributed by atoms with Crippen molar-refractivity contribution in [3.05, 3.63) is 29.3 Å². The third-order valence-corrected chi connectivity index (χ3v) is 4.36. The molecule has 1 saturated heterocycles. The lowest BCUT2D eigenvalue weighted by Gasteiger charge is -2.32. The van der Waals surface area contributed by atoms with Crippen LogP contribution in [0.4, 0.5) is 5.69 Å². The molecular weight excluding hydrogens is 246 g/mol. The predicted octanol–water partition coefficient (Wildman–Crippen LogP) is 2.24. The first-order valence-electron chi connectivity index (χ1n) is 7.74. The quantitative estimate of drug-likeness (QED) is 0.816. The number of hydrogen-bond acceptors (Lipinski definition) is 3. The van der Waals surface area contributed by atoms with Gasteiger partial charge in [-0.2, -0.15) is 0 Å². The molecule has 0 saturated carbocycles. The molecule has 3 nitrogen and oxygen atoms in total. The highest BCUT2D eigenvalue weighted by Gasteiger charge is 2.13. The average molecular weight is 275 g/mol. The molecule has 20 heavy (non-hydrogen) atoms. The van der Waals surface area contributed by atoms with Gasteiger partial charge in [0.15, 0.2) is 0 Å². The molecule has 1 fully saturated rings. The van der Waals surface area contributed by atoms with Crippen LogP contribution in [0.3, 0.4) is 0 Å². The first-order valence-corrected chi connectivity index (χ1v) is 7.74. The van der Waals surface area contributed by atoms with Gasteiger partial charge in [0.2, 0.25) is 0 Å². The van der Waals surface area contributed by atoms with Crippen LogP contribution in [0.2, 0.25) is 0 Å². The lowest BCUT2D eigenvalue weighted by atomic mass is 10.0. The Kier molecular flexibility index (Phi) is 5.44. The molecule has 0 radical (unpaired) electrons. The summed E-state index contributed by atoms with van der Waals surface area (Å²) in [5.74, 6) is 0. The number of nitrogens with zero attached hydrogens (tertiary/aromatic N) is 3. The topological polar surface area (TPSA) is 9.72 Å². The van der Waals surface area contributed by atoms with Crippen molar-refractivity contribution in [3.63, 3.8) is 0 Å². The van der Waals surface area contributed by atoms with Crippen molar-refractivity contribution in [1.29, 1.82) is 0 Å². The van der Waals surface area contributed by atoms with E-state index >= 15 is 0 Å². The fraction of sp³-hybridized carbons (Fsp3) is 0.647. The Hall–Kier alpha value is -1.06. The molecule has 0 unspecified atom stereocenters. The fourth-order valence-electron chi connectivity index (χ4n) is 2.80. The SMILES string of the molecule is Cc1cc(N(C)C)ccc1CCCN1CCN(C)CC1. The van der Waals surface area contributed by atoms with E-state index < -0.39 is 0 Å². The molecule has 1 heterocycles. The second-order valence-corrected chi connectivity index (χ2v) is 6.25. The molecule has 0 bridgehead atoms. The van der Waals surface area contributed by atoms with E-state index in [-0.39, 0.29) is 0 Å². The minimum absolute atomic E-state index is 1.20. The van der Waals surface area contributed by atoms with Gasteiger partial charge in [-0.15, -0.1) is 0 Å². The van der Waals surface area contributed by atoms with Crippen molar-refractivity contribution in [2.24, 2.45) is 0 Å². The first-order chi connectivity index (χ1) is 9.56. The third kappa shape index (κ3) is 4.22. The predicted molar refractivity (Wildman–Crippen MR) is 87.8 cm³/mol. The summed E-state index contributed by atoms with van der Waals surface area (Å²) in [6, 6.07) is 6.83. The summed E-state index contributed by atoms with van der Waals surface area (Å²) in [7, 11) is 6.41. The maximum atomic E-state index is 2.60. The molecule has 0 N–H and O–H groups in total. The largest absolute Gasteiger partial charge is 0.378 e. The Balaban J connectivity index is 1.79. The number of aryl methyl sites for hydroxylation is 2. The van der Waals surface area contributed by atoms with Gasteiger partial charge >= 0.3 is 0 Å². The van der Waals surface area contributed by atoms with E-state index in [1.54, 1.807) is 0 Å². The molecule has 1 aliphatic rings. The highest BCUT2D eigenvalue weighted by Crippen LogP contribution is 2.18. The van der Waals surface area contributed by atoms with Gasteiger partial charge in [0, 0.05) is 46.0 Å². The van der Waals surface area contributed by atoms with E-state index in [2.05, 4.69) is 61.0 Å². The molecule has 1 aliphatic heterocycles. The van der Waals surface area contributed by atoms with Gasteiger partial charge in [-0.05, 0) is 56.6 Å². The van der Waals surface area contributed by atoms with Crippen LogP contribution in [-0.2, 0) is 6.42 Å². The third-order valence-electron chi connectivity index (χ3n) is 4.36. The number of hydrogen-bond donors (Lipinski definition) is 0. The number of likely N-dealkylation sites (N-methyl/N-ethyl adjacent to an activating group) is 1. The molecule has 112 valence electrons. The van der Waals surface area contributed by atoms with Crippen LogP contribution >= 0.6 is 0 Å². The molecule has 0 amide bonds. The Labute approximate surface area is 124 Å². The number of rotatable bonds is 5. The van der Waals surface area contributed by atoms with Crippen LogP contribution in [0.1, 0.15) is 17.5 Å². The minimum Gasteiger partial charge on any atom is -0.378 e. The zero-order valence-corrected chi connectivity index (χ0v) is 13.5. The molecule has 3 heteroatoms. The summed E-state index contributed by atoms with van der Waals surface area (Å²) >= 11 is 0. The van der Waals surface area contributed by atoms with E-state index in [9.17, 15) is 0 Å². The van der Waals surface area contributed by atoms with Crippen LogP contribution < -0.4 is 4.90 Å². The highest BCUT2D eigenvalue weighted by molar-refractivity contribution is 5.49. The Bertz CT molecular complexity index is 420. The van der Waals surface area contributed by atoms with Crippen molar-refractivity contribution < 1.29 is 0 Å². The number of anilines is 1. The lowest BCUT2D eigenvalue weighted by molar-refractivity contribution is 0.153. The van der Waals surface area contributed by atoms with Crippen LogP contribution in [0.25, 0.3) is 0 Å². The maximum Gasteiger partial charge on any atom is 0.0363 e. The van der Waals surface area contributed by atoms with Crippen LogP contribution in [0.5, 0.6) is 0 Å². The highest BCUT2D eigenvalue weighted by atomic mass is 15.2. The van der Waals surface area contributed by atoms with Gasteiger partial charge in [0.05, 0.1) is 0 Å². The fourth-order valence-corrected chi connectivity index (χ4v) is 2.80. The Morgan fingerprint density at radius 1 is 1.10 bits per heavy atom. The van der Waals surface area contributed by atoms with E-state index in [0.717, 1.165) is 0 Å². The molecule has 0 aromatic heterocycles. The monoisotopic (exact) mass is 275 g/mol. The van der Waals surface area contributed by atoms with Gasteiger partial charge in [0.25, 0.3) is 0 Å². The second kappa shape index (κ2) is 7.09. The molecule has 0 spiro atoms. The van der Waals surface area contributed by atoms with Crippen molar-refractivity contribution >= 4 is 5.69 Å². The first kappa shape index (κ1) is 15.3. The summed E-state index contributed by atoms with van der Waals surface area (Å²) in [6.07, 6.45) is 2.47. The van der Waals surface area contributed by atoms with Crippen LogP contribution in [0, 0.1) is 6.92 Å². The zero-order valence-electron chi connectivity index (χ0n) is 13.5. The van der Waals surface area contributed by atoms with E-state index in [4.69, 9.17) is 0 Å². The Morgan fingerprint density at radius 2 is 1.80 bits per heavy atom. The van der Waals surface area contributed by atoms with Gasteiger partial charge in [-0.25, -0.2) is 0 Å². The number of piperazine rings is 1. The lowest BCUT2D eigenvalue weighted by Crippen LogP contribution is -2.44. The smallest absolute Gasteiger partial charge is 0.0363 e. The van der Waals surface area contributed by atoms with Crippen molar-refractivity contribution in [1.82, 2.24) is 9.80 Å². The Morgan fingerprint density at radius 3 is 2.40 bits per heavy atom. The molecular formula is C17H29N3. The van der Waals surface area contributed by atoms with E-state index in [0.29, 0.717) is 0 Å². The van der Waals surface area contributed by atoms with Gasteiger partial charge < -0.3 is 14.7 Å². The van der Waals surface area contributed by atoms with Gasteiger partial charge in [-0.3, -0.25) is 0 Å². The van der Waals surface area contributed by atoms with Crippen molar-refractivity contribution in [2.75, 3.05) is 58.8 Å². The molecule has 0 atom stereocenters. The van der Waals surface area contributed by atoms with E-state index in [1.165, 1.54) is 62.4 Å². The summed E-state index contributed by atoms with van der Waals surface area (Å²) < 4.78 is 0. The zero-order chi connectivity index (χ0) is 14.5. The average Bonchev–Trinajstić information content (AvgIpc) is 2.42.